The number of halogens is 1. The van der Waals surface area contributed by atoms with Gasteiger partial charge in [-0.05, 0) is 23.7 Å². The van der Waals surface area contributed by atoms with Gasteiger partial charge in [-0.3, -0.25) is 4.90 Å². The van der Waals surface area contributed by atoms with Crippen LogP contribution in [0.25, 0.3) is 11.0 Å². The molecule has 1 aromatic carbocycles. The Bertz CT molecular complexity index is 1210. The van der Waals surface area contributed by atoms with Crippen LogP contribution in [0.1, 0.15) is 11.8 Å². The summed E-state index contributed by atoms with van der Waals surface area (Å²) >= 11 is 6.55. The highest BCUT2D eigenvalue weighted by atomic mass is 35.5. The van der Waals surface area contributed by atoms with E-state index in [1.165, 1.54) is 0 Å². The number of benzene rings is 1. The first-order valence-electron chi connectivity index (χ1n) is 12.5. The quantitative estimate of drug-likeness (QED) is 0.235. The highest BCUT2D eigenvalue weighted by molar-refractivity contribution is 6.76. The molecule has 0 bridgehead atoms. The third kappa shape index (κ3) is 6.73. The lowest BCUT2D eigenvalue weighted by atomic mass is 10.1. The largest absolute Gasteiger partial charge is 0.495 e. The minimum absolute atomic E-state index is 0.352. The molecule has 202 valence electrons. The molecule has 0 aliphatic carbocycles. The molecular weight excluding hydrogens is 512 g/mol. The molecule has 3 heterocycles. The lowest BCUT2D eigenvalue weighted by molar-refractivity contribution is -0.0604. The predicted molar refractivity (Wildman–Crippen MR) is 150 cm³/mol. The summed E-state index contributed by atoms with van der Waals surface area (Å²) in [6.07, 6.45) is 1.09. The molecule has 1 saturated heterocycles. The molecule has 4 rings (SSSR count). The smallest absolute Gasteiger partial charge is 0.231 e. The number of methoxy groups -OCH3 is 1. The molecule has 0 amide bonds. The second kappa shape index (κ2) is 12.0. The lowest BCUT2D eigenvalue weighted by Crippen LogP contribution is -2.39. The van der Waals surface area contributed by atoms with E-state index in [4.69, 9.17) is 30.8 Å². The number of aliphatic hydroxyl groups excluding tert-OH is 1. The van der Waals surface area contributed by atoms with E-state index in [2.05, 4.69) is 35.3 Å². The van der Waals surface area contributed by atoms with Gasteiger partial charge in [0.2, 0.25) is 5.95 Å². The van der Waals surface area contributed by atoms with Crippen molar-refractivity contribution in [3.05, 3.63) is 35.0 Å². The van der Waals surface area contributed by atoms with Crippen molar-refractivity contribution in [2.45, 2.75) is 38.6 Å². The number of ether oxygens (including phenoxy) is 3. The lowest BCUT2D eigenvalue weighted by Gasteiger charge is -2.31. The Balaban J connectivity index is 1.58. The zero-order valence-corrected chi connectivity index (χ0v) is 23.9. The van der Waals surface area contributed by atoms with Crippen molar-refractivity contribution >= 4 is 48.2 Å². The van der Waals surface area contributed by atoms with Crippen LogP contribution in [0.5, 0.6) is 5.75 Å². The van der Waals surface area contributed by atoms with Crippen molar-refractivity contribution in [2.24, 2.45) is 0 Å². The Morgan fingerprint density at radius 3 is 2.65 bits per heavy atom. The number of aromatic nitrogens is 3. The number of hydrogen-bond acceptors (Lipinski definition) is 9. The van der Waals surface area contributed by atoms with Gasteiger partial charge in [0.05, 0.1) is 36.4 Å². The number of anilines is 3. The van der Waals surface area contributed by atoms with E-state index in [-0.39, 0.29) is 0 Å². The van der Waals surface area contributed by atoms with Gasteiger partial charge in [-0.25, -0.2) is 0 Å². The maximum atomic E-state index is 10.8. The minimum atomic E-state index is -1.18. The van der Waals surface area contributed by atoms with Crippen LogP contribution in [-0.2, 0) is 16.2 Å². The summed E-state index contributed by atoms with van der Waals surface area (Å²) < 4.78 is 18.9. The van der Waals surface area contributed by atoms with Gasteiger partial charge in [-0.15, -0.1) is 0 Å². The number of nitrogens with one attached hydrogen (secondary N) is 2. The first-order valence-corrected chi connectivity index (χ1v) is 16.6. The van der Waals surface area contributed by atoms with Crippen LogP contribution in [0.4, 0.5) is 17.5 Å². The molecule has 0 radical (unpaired) electrons. The Kier molecular flexibility index (Phi) is 8.93. The second-order valence-corrected chi connectivity index (χ2v) is 16.3. The molecule has 37 heavy (non-hydrogen) atoms. The zero-order chi connectivity index (χ0) is 26.6. The van der Waals surface area contributed by atoms with Crippen molar-refractivity contribution in [1.29, 1.82) is 0 Å². The number of rotatable bonds is 11. The van der Waals surface area contributed by atoms with Gasteiger partial charge in [0.15, 0.2) is 5.65 Å². The van der Waals surface area contributed by atoms with Gasteiger partial charge in [0.1, 0.15) is 24.5 Å². The molecule has 0 saturated carbocycles. The van der Waals surface area contributed by atoms with Crippen LogP contribution in [0.15, 0.2) is 24.4 Å². The maximum Gasteiger partial charge on any atom is 0.231 e. The number of nitrogens with zero attached hydrogens (tertiary/aromatic N) is 4. The van der Waals surface area contributed by atoms with E-state index in [0.717, 1.165) is 17.0 Å². The molecule has 0 spiro atoms. The van der Waals surface area contributed by atoms with Crippen LogP contribution in [0, 0.1) is 0 Å². The van der Waals surface area contributed by atoms with E-state index in [0.29, 0.717) is 73.5 Å². The van der Waals surface area contributed by atoms with Gasteiger partial charge in [-0.2, -0.15) is 9.97 Å². The molecule has 12 heteroatoms. The Hall–Kier alpha value is -2.41. The zero-order valence-electron chi connectivity index (χ0n) is 22.2. The Morgan fingerprint density at radius 2 is 1.97 bits per heavy atom. The summed E-state index contributed by atoms with van der Waals surface area (Å²) in [7, 11) is 2.21. The average molecular weight is 549 g/mol. The highest BCUT2D eigenvalue weighted by Gasteiger charge is 2.22. The van der Waals surface area contributed by atoms with E-state index in [9.17, 15) is 5.11 Å². The minimum Gasteiger partial charge on any atom is -0.495 e. The second-order valence-electron chi connectivity index (χ2n) is 10.2. The van der Waals surface area contributed by atoms with E-state index in [1.807, 2.05) is 33.9 Å². The normalized spacial score (nSPS) is 15.6. The van der Waals surface area contributed by atoms with E-state index >= 15 is 0 Å². The fourth-order valence-corrected chi connectivity index (χ4v) is 5.19. The van der Waals surface area contributed by atoms with Gasteiger partial charge in [-0.1, -0.05) is 37.3 Å². The molecule has 1 aliphatic heterocycles. The van der Waals surface area contributed by atoms with E-state index in [1.54, 1.807) is 14.2 Å². The fraction of sp³-hybridized carbons (Fsp3) is 0.520. The summed E-state index contributed by atoms with van der Waals surface area (Å²) in [6.45, 7) is 10.6. The first-order chi connectivity index (χ1) is 17.7. The number of morpholine rings is 1. The van der Waals surface area contributed by atoms with Crippen molar-refractivity contribution < 1.29 is 19.3 Å². The monoisotopic (exact) mass is 548 g/mol. The molecule has 3 N–H and O–H groups in total. The van der Waals surface area contributed by atoms with Crippen LogP contribution in [0.2, 0.25) is 30.7 Å². The molecule has 1 aliphatic rings. The summed E-state index contributed by atoms with van der Waals surface area (Å²) in [5.41, 5.74) is 2.09. The van der Waals surface area contributed by atoms with Crippen LogP contribution in [-0.4, -0.2) is 79.7 Å². The topological polar surface area (TPSA) is 106 Å². The van der Waals surface area contributed by atoms with E-state index < -0.39 is 14.3 Å². The predicted octanol–water partition coefficient (Wildman–Crippen LogP) is 4.51. The van der Waals surface area contributed by atoms with Crippen molar-refractivity contribution in [2.75, 3.05) is 57.7 Å². The Labute approximate surface area is 223 Å². The molecule has 1 fully saturated rings. The van der Waals surface area contributed by atoms with Crippen LogP contribution < -0.4 is 15.4 Å². The third-order valence-corrected chi connectivity index (χ3v) is 8.29. The molecular formula is C25H37ClN6O4Si. The number of aliphatic hydroxyl groups is 1. The molecule has 1 unspecified atom stereocenters. The van der Waals surface area contributed by atoms with Crippen LogP contribution in [0.3, 0.4) is 0 Å². The summed E-state index contributed by atoms with van der Waals surface area (Å²) in [6, 6.07) is 6.63. The van der Waals surface area contributed by atoms with Gasteiger partial charge < -0.3 is 34.5 Å². The van der Waals surface area contributed by atoms with Crippen LogP contribution >= 0.6 is 11.6 Å². The third-order valence-electron chi connectivity index (χ3n) is 6.30. The molecule has 2 aromatic heterocycles. The molecule has 1 atom stereocenters. The van der Waals surface area contributed by atoms with Gasteiger partial charge >= 0.3 is 0 Å². The SMILES string of the molecule is CNc1nc(Nc2ccc(C(O)N3CCOCC3)cc2OC)nc2c1c(Cl)cn2COCC[Si](C)(C)C. The first kappa shape index (κ1) is 27.6. The highest BCUT2D eigenvalue weighted by Crippen LogP contribution is 2.34. The van der Waals surface area contributed by atoms with Crippen molar-refractivity contribution in [3.8, 4) is 5.75 Å². The number of hydrogen-bond donors (Lipinski definition) is 3. The maximum absolute atomic E-state index is 10.8. The van der Waals surface area contributed by atoms with Crippen molar-refractivity contribution in [1.82, 2.24) is 19.4 Å². The summed E-state index contributed by atoms with van der Waals surface area (Å²) in [5, 5.41) is 18.5. The van der Waals surface area contributed by atoms with Crippen molar-refractivity contribution in [3.63, 3.8) is 0 Å². The standard InChI is InChI=1S/C25H37ClN6O4Si/c1-27-22-21-18(26)15-32(16-36-12-13-37(3,4)5)23(21)30-25(29-22)28-19-7-6-17(14-20(19)34-2)24(33)31-8-10-35-11-9-31/h6-7,14-15,24,33H,8-13,16H2,1-5H3,(H2,27,28,29,30). The Morgan fingerprint density at radius 1 is 1.22 bits per heavy atom. The summed E-state index contributed by atoms with van der Waals surface area (Å²) in [5.74, 6) is 1.56. The number of fused-ring (bicyclic) bond motifs is 1. The van der Waals surface area contributed by atoms with Gasteiger partial charge in [0.25, 0.3) is 0 Å². The van der Waals surface area contributed by atoms with Gasteiger partial charge in [0, 0.05) is 41.0 Å². The molecule has 3 aromatic rings. The fourth-order valence-electron chi connectivity index (χ4n) is 4.14. The average Bonchev–Trinajstić information content (AvgIpc) is 3.21. The summed E-state index contributed by atoms with van der Waals surface area (Å²) in [4.78, 5) is 11.4. The molecule has 10 nitrogen and oxygen atoms in total.